The van der Waals surface area contributed by atoms with Crippen LogP contribution in [0.15, 0.2) is 22.0 Å². The maximum atomic E-state index is 14.6. The van der Waals surface area contributed by atoms with Gasteiger partial charge in [0.05, 0.1) is 19.3 Å². The zero-order chi connectivity index (χ0) is 30.9. The molecule has 2 unspecified atom stereocenters. The molecule has 1 saturated carbocycles. The molecule has 0 aromatic rings. The minimum absolute atomic E-state index is 0.0633. The monoisotopic (exact) mass is 621 g/mol. The molecule has 1 amide bonds. The Morgan fingerprint density at radius 3 is 2.26 bits per heavy atom. The summed E-state index contributed by atoms with van der Waals surface area (Å²) < 4.78 is 15.2. The Hall–Kier alpha value is -0.800. The second kappa shape index (κ2) is 21.0. The maximum Gasteiger partial charge on any atom is 0.240 e. The lowest BCUT2D eigenvalue weighted by Crippen LogP contribution is -2.55. The van der Waals surface area contributed by atoms with Gasteiger partial charge in [0, 0.05) is 28.6 Å². The van der Waals surface area contributed by atoms with Crippen LogP contribution in [0.3, 0.4) is 0 Å². The van der Waals surface area contributed by atoms with Crippen LogP contribution >= 0.6 is 15.9 Å². The van der Waals surface area contributed by atoms with E-state index in [1.165, 1.54) is 5.06 Å². The van der Waals surface area contributed by atoms with Crippen LogP contribution in [-0.4, -0.2) is 54.0 Å². The number of aliphatic hydroxyl groups excluding tert-OH is 1. The van der Waals surface area contributed by atoms with Crippen LogP contribution in [0.1, 0.15) is 109 Å². The van der Waals surface area contributed by atoms with Crippen molar-refractivity contribution < 1.29 is 19.1 Å². The maximum absolute atomic E-state index is 14.6. The molecule has 8 heteroatoms. The molecule has 0 spiro atoms. The standard InChI is InChI=1S/C23H37BrFN3O3.4C2H6/c1-13-14(2)23(3,4)9-8-18(13)27-22(30)21-16(12-29)19(10-26)31-28(21)11-15-6-5-7-17(24)20(15)25;4*1-2/h6,13-14,16,18-19,21,29H,5,7-12,26H2,1-4H3,(H,27,30);4*1-2H3/t13?,14-,16+,18-,19?,21-;;;;/m0..../s1. The van der Waals surface area contributed by atoms with E-state index in [0.717, 1.165) is 19.3 Å². The summed E-state index contributed by atoms with van der Waals surface area (Å²) in [7, 11) is 0. The smallest absolute Gasteiger partial charge is 0.240 e. The van der Waals surface area contributed by atoms with E-state index in [4.69, 9.17) is 10.6 Å². The second-order valence-corrected chi connectivity index (χ2v) is 11.0. The highest BCUT2D eigenvalue weighted by atomic mass is 79.9. The van der Waals surface area contributed by atoms with Crippen molar-refractivity contribution in [2.24, 2.45) is 28.9 Å². The number of allylic oxidation sites excluding steroid dienone is 2. The molecule has 3 aliphatic rings. The molecule has 1 aliphatic heterocycles. The van der Waals surface area contributed by atoms with Gasteiger partial charge in [-0.2, -0.15) is 5.06 Å². The molecule has 2 aliphatic carbocycles. The van der Waals surface area contributed by atoms with Crippen molar-refractivity contribution in [1.29, 1.82) is 0 Å². The predicted octanol–water partition coefficient (Wildman–Crippen LogP) is 7.52. The summed E-state index contributed by atoms with van der Waals surface area (Å²) in [5.74, 6) is -0.144. The van der Waals surface area contributed by atoms with Crippen molar-refractivity contribution in [2.75, 3.05) is 19.7 Å². The van der Waals surface area contributed by atoms with E-state index < -0.39 is 18.1 Å². The molecular weight excluding hydrogens is 561 g/mol. The Labute approximate surface area is 248 Å². The van der Waals surface area contributed by atoms with Crippen LogP contribution in [0.4, 0.5) is 4.39 Å². The number of nitrogens with two attached hydrogens (primary N) is 1. The van der Waals surface area contributed by atoms with Gasteiger partial charge < -0.3 is 16.2 Å². The van der Waals surface area contributed by atoms with Crippen molar-refractivity contribution in [3.8, 4) is 0 Å². The van der Waals surface area contributed by atoms with Gasteiger partial charge in [-0.05, 0) is 42.9 Å². The van der Waals surface area contributed by atoms with E-state index in [9.17, 15) is 14.3 Å². The fraction of sp³-hybridized carbons (Fsp3) is 0.839. The van der Waals surface area contributed by atoms with Crippen molar-refractivity contribution in [1.82, 2.24) is 10.4 Å². The quantitative estimate of drug-likeness (QED) is 0.285. The highest BCUT2D eigenvalue weighted by Gasteiger charge is 2.48. The summed E-state index contributed by atoms with van der Waals surface area (Å²) >= 11 is 3.29. The number of nitrogens with zero attached hydrogens (tertiary/aromatic N) is 1. The zero-order valence-electron chi connectivity index (χ0n) is 27.0. The number of rotatable bonds is 6. The van der Waals surface area contributed by atoms with E-state index in [1.807, 2.05) is 61.5 Å². The van der Waals surface area contributed by atoms with E-state index in [2.05, 4.69) is 48.9 Å². The topological polar surface area (TPSA) is 87.8 Å². The summed E-state index contributed by atoms with van der Waals surface area (Å²) in [6.45, 7) is 25.1. The molecule has 0 radical (unpaired) electrons. The van der Waals surface area contributed by atoms with Crippen LogP contribution in [-0.2, 0) is 9.63 Å². The molecule has 6 nitrogen and oxygen atoms in total. The minimum atomic E-state index is -0.717. The Kier molecular flexibility index (Phi) is 21.7. The molecular formula is C31H61BrFN3O3. The van der Waals surface area contributed by atoms with Gasteiger partial charge in [-0.1, -0.05) is 105 Å². The van der Waals surface area contributed by atoms with Crippen LogP contribution in [0.5, 0.6) is 0 Å². The Morgan fingerprint density at radius 2 is 1.74 bits per heavy atom. The third kappa shape index (κ3) is 10.8. The van der Waals surface area contributed by atoms with Gasteiger partial charge in [0.1, 0.15) is 11.9 Å². The molecule has 232 valence electrons. The molecule has 0 aromatic carbocycles. The van der Waals surface area contributed by atoms with Crippen LogP contribution in [0, 0.1) is 23.2 Å². The summed E-state index contributed by atoms with van der Waals surface area (Å²) in [5, 5.41) is 14.8. The van der Waals surface area contributed by atoms with E-state index in [-0.39, 0.29) is 42.9 Å². The van der Waals surface area contributed by atoms with Crippen molar-refractivity contribution in [3.63, 3.8) is 0 Å². The zero-order valence-corrected chi connectivity index (χ0v) is 28.6. The highest BCUT2D eigenvalue weighted by molar-refractivity contribution is 9.11. The van der Waals surface area contributed by atoms with Crippen LogP contribution in [0.25, 0.3) is 0 Å². The number of halogens is 2. The van der Waals surface area contributed by atoms with Gasteiger partial charge >= 0.3 is 0 Å². The largest absolute Gasteiger partial charge is 0.396 e. The first-order chi connectivity index (χ1) is 18.6. The third-order valence-corrected chi connectivity index (χ3v) is 8.60. The summed E-state index contributed by atoms with van der Waals surface area (Å²) in [5.41, 5.74) is 6.60. The Bertz CT molecular complexity index is 745. The van der Waals surface area contributed by atoms with Gasteiger partial charge in [-0.3, -0.25) is 9.63 Å². The van der Waals surface area contributed by atoms with Gasteiger partial charge in [0.2, 0.25) is 5.91 Å². The lowest BCUT2D eigenvalue weighted by atomic mass is 9.63. The molecule has 4 N–H and O–H groups in total. The average Bonchev–Trinajstić information content (AvgIpc) is 3.33. The van der Waals surface area contributed by atoms with Gasteiger partial charge in [0.25, 0.3) is 0 Å². The highest BCUT2D eigenvalue weighted by Crippen LogP contribution is 2.44. The Balaban J connectivity index is 0. The minimum Gasteiger partial charge on any atom is -0.396 e. The molecule has 0 bridgehead atoms. The Morgan fingerprint density at radius 1 is 1.18 bits per heavy atom. The fourth-order valence-electron chi connectivity index (χ4n) is 5.23. The van der Waals surface area contributed by atoms with E-state index in [0.29, 0.717) is 28.3 Å². The van der Waals surface area contributed by atoms with Crippen LogP contribution in [0.2, 0.25) is 0 Å². The first-order valence-corrected chi connectivity index (χ1v) is 16.2. The summed E-state index contributed by atoms with van der Waals surface area (Å²) in [6, 6.07) is -0.654. The number of hydrogen-bond donors (Lipinski definition) is 3. The summed E-state index contributed by atoms with van der Waals surface area (Å²) in [6.07, 6.45) is 4.67. The number of amides is 1. The first-order valence-electron chi connectivity index (χ1n) is 15.4. The van der Waals surface area contributed by atoms with Crippen molar-refractivity contribution >= 4 is 21.8 Å². The molecule has 2 fully saturated rings. The number of hydrogen-bond acceptors (Lipinski definition) is 5. The molecule has 0 aromatic heterocycles. The van der Waals surface area contributed by atoms with Crippen molar-refractivity contribution in [2.45, 2.75) is 127 Å². The molecule has 6 atom stereocenters. The molecule has 3 rings (SSSR count). The van der Waals surface area contributed by atoms with E-state index >= 15 is 0 Å². The SMILES string of the molecule is CC.CC.CC.CC.CC1[C@@H](NC(=O)[C@@H]2[C@H](CO)C(CN)ON2CC2=CCCC(Br)=C2F)CCC(C)(C)[C@H]1C. The average molecular weight is 623 g/mol. The number of aliphatic hydroxyl groups is 1. The summed E-state index contributed by atoms with van der Waals surface area (Å²) in [4.78, 5) is 19.4. The number of hydroxylamine groups is 2. The van der Waals surface area contributed by atoms with Crippen LogP contribution < -0.4 is 11.1 Å². The predicted molar refractivity (Wildman–Crippen MR) is 168 cm³/mol. The second-order valence-electron chi connectivity index (χ2n) is 10.0. The number of carbonyl (C=O) groups excluding carboxylic acids is 1. The van der Waals surface area contributed by atoms with Crippen molar-refractivity contribution in [3.05, 3.63) is 22.0 Å². The lowest BCUT2D eigenvalue weighted by molar-refractivity contribution is -0.164. The van der Waals surface area contributed by atoms with Gasteiger partial charge in [0.15, 0.2) is 0 Å². The number of carbonyl (C=O) groups is 1. The van der Waals surface area contributed by atoms with Gasteiger partial charge in [-0.25, -0.2) is 4.39 Å². The van der Waals surface area contributed by atoms with Gasteiger partial charge in [-0.15, -0.1) is 0 Å². The lowest BCUT2D eigenvalue weighted by Gasteiger charge is -2.45. The number of nitrogens with one attached hydrogen (secondary N) is 1. The van der Waals surface area contributed by atoms with E-state index in [1.54, 1.807) is 0 Å². The normalized spacial score (nSPS) is 29.6. The molecule has 1 saturated heterocycles. The fourth-order valence-corrected chi connectivity index (χ4v) is 5.71. The molecule has 1 heterocycles. The first kappa shape index (κ1) is 40.3. The third-order valence-electron chi connectivity index (χ3n) is 7.86. The molecule has 39 heavy (non-hydrogen) atoms.